The fourth-order valence-corrected chi connectivity index (χ4v) is 2.53. The van der Waals surface area contributed by atoms with Crippen LogP contribution in [0.1, 0.15) is 34.8 Å². The molecule has 3 nitrogen and oxygen atoms in total. The first-order valence-electron chi connectivity index (χ1n) is 6.29. The second-order valence-electron chi connectivity index (χ2n) is 4.72. The molecule has 0 saturated carbocycles. The van der Waals surface area contributed by atoms with Crippen molar-refractivity contribution in [2.45, 2.75) is 18.8 Å². The van der Waals surface area contributed by atoms with Crippen LogP contribution in [0.2, 0.25) is 0 Å². The van der Waals surface area contributed by atoms with Crippen LogP contribution in [0.5, 0.6) is 0 Å². The van der Waals surface area contributed by atoms with Gasteiger partial charge in [-0.15, -0.1) is 0 Å². The standard InChI is InChI=1S/C15H15NO2/c17-10-15-8-13-2-1-12(7-14(13)9-16-15)11-3-5-18-6-4-11/h1-2,7-11H,3-6H2. The van der Waals surface area contributed by atoms with Crippen molar-refractivity contribution in [2.24, 2.45) is 0 Å². The van der Waals surface area contributed by atoms with Gasteiger partial charge in [0.15, 0.2) is 6.29 Å². The van der Waals surface area contributed by atoms with E-state index in [4.69, 9.17) is 4.74 Å². The summed E-state index contributed by atoms with van der Waals surface area (Å²) in [6, 6.07) is 8.25. The van der Waals surface area contributed by atoms with Gasteiger partial charge in [0.1, 0.15) is 5.69 Å². The fraction of sp³-hybridized carbons (Fsp3) is 0.333. The van der Waals surface area contributed by atoms with Gasteiger partial charge in [0.05, 0.1) is 0 Å². The summed E-state index contributed by atoms with van der Waals surface area (Å²) in [4.78, 5) is 14.8. The fourth-order valence-electron chi connectivity index (χ4n) is 2.53. The van der Waals surface area contributed by atoms with Crippen molar-refractivity contribution in [1.82, 2.24) is 4.98 Å². The van der Waals surface area contributed by atoms with Crippen LogP contribution in [0.3, 0.4) is 0 Å². The molecule has 2 heterocycles. The molecule has 3 rings (SSSR count). The van der Waals surface area contributed by atoms with E-state index < -0.39 is 0 Å². The number of nitrogens with zero attached hydrogens (tertiary/aromatic N) is 1. The van der Waals surface area contributed by atoms with Gasteiger partial charge in [-0.3, -0.25) is 9.78 Å². The first kappa shape index (κ1) is 11.4. The molecule has 1 aliphatic rings. The molecule has 92 valence electrons. The number of hydrogen-bond donors (Lipinski definition) is 0. The Morgan fingerprint density at radius 3 is 2.78 bits per heavy atom. The molecule has 0 bridgehead atoms. The summed E-state index contributed by atoms with van der Waals surface area (Å²) in [6.07, 6.45) is 4.74. The SMILES string of the molecule is O=Cc1cc2ccc(C3CCOCC3)cc2cn1. The summed E-state index contributed by atoms with van der Waals surface area (Å²) >= 11 is 0. The Hall–Kier alpha value is -1.74. The molecule has 1 aromatic heterocycles. The van der Waals surface area contributed by atoms with E-state index in [0.29, 0.717) is 11.6 Å². The Kier molecular flexibility index (Phi) is 3.07. The predicted octanol–water partition coefficient (Wildman–Crippen LogP) is 2.94. The number of aldehydes is 1. The molecule has 1 saturated heterocycles. The van der Waals surface area contributed by atoms with Gasteiger partial charge in [0.2, 0.25) is 0 Å². The highest BCUT2D eigenvalue weighted by Crippen LogP contribution is 2.29. The lowest BCUT2D eigenvalue weighted by atomic mass is 9.90. The molecule has 3 heteroatoms. The maximum atomic E-state index is 10.7. The van der Waals surface area contributed by atoms with E-state index in [1.165, 1.54) is 5.56 Å². The van der Waals surface area contributed by atoms with E-state index in [1.54, 1.807) is 6.20 Å². The molecular weight excluding hydrogens is 226 g/mol. The third-order valence-corrected chi connectivity index (χ3v) is 3.58. The van der Waals surface area contributed by atoms with Gasteiger partial charge in [-0.2, -0.15) is 0 Å². The average molecular weight is 241 g/mol. The lowest BCUT2D eigenvalue weighted by molar-refractivity contribution is 0.0853. The molecule has 1 fully saturated rings. The highest BCUT2D eigenvalue weighted by Gasteiger charge is 2.15. The highest BCUT2D eigenvalue weighted by atomic mass is 16.5. The van der Waals surface area contributed by atoms with Gasteiger partial charge >= 0.3 is 0 Å². The zero-order valence-corrected chi connectivity index (χ0v) is 10.1. The van der Waals surface area contributed by atoms with E-state index in [0.717, 1.165) is 43.1 Å². The molecule has 18 heavy (non-hydrogen) atoms. The number of hydrogen-bond acceptors (Lipinski definition) is 3. The predicted molar refractivity (Wildman–Crippen MR) is 69.9 cm³/mol. The van der Waals surface area contributed by atoms with Crippen molar-refractivity contribution >= 4 is 17.1 Å². The Labute approximate surface area is 106 Å². The zero-order chi connectivity index (χ0) is 12.4. The summed E-state index contributed by atoms with van der Waals surface area (Å²) in [5.41, 5.74) is 1.84. The topological polar surface area (TPSA) is 39.2 Å². The van der Waals surface area contributed by atoms with Crippen molar-refractivity contribution in [3.63, 3.8) is 0 Å². The van der Waals surface area contributed by atoms with Gasteiger partial charge in [0, 0.05) is 24.8 Å². The van der Waals surface area contributed by atoms with Crippen LogP contribution in [0.15, 0.2) is 30.5 Å². The van der Waals surface area contributed by atoms with Crippen molar-refractivity contribution in [2.75, 3.05) is 13.2 Å². The summed E-state index contributed by atoms with van der Waals surface area (Å²) in [5, 5.41) is 2.17. The largest absolute Gasteiger partial charge is 0.381 e. The van der Waals surface area contributed by atoms with Gasteiger partial charge in [-0.1, -0.05) is 12.1 Å². The van der Waals surface area contributed by atoms with Crippen LogP contribution in [0.4, 0.5) is 0 Å². The molecule has 0 unspecified atom stereocenters. The first-order valence-corrected chi connectivity index (χ1v) is 6.29. The maximum absolute atomic E-state index is 10.7. The van der Waals surface area contributed by atoms with Crippen molar-refractivity contribution < 1.29 is 9.53 Å². The minimum Gasteiger partial charge on any atom is -0.381 e. The first-order chi connectivity index (χ1) is 8.86. The molecule has 2 aromatic rings. The van der Waals surface area contributed by atoms with Crippen molar-refractivity contribution in [3.05, 3.63) is 41.7 Å². The number of rotatable bonds is 2. The molecule has 0 radical (unpaired) electrons. The molecule has 0 N–H and O–H groups in total. The Bertz CT molecular complexity index is 574. The summed E-state index contributed by atoms with van der Waals surface area (Å²) in [5.74, 6) is 0.592. The minimum atomic E-state index is 0.487. The summed E-state index contributed by atoms with van der Waals surface area (Å²) in [6.45, 7) is 1.70. The van der Waals surface area contributed by atoms with E-state index in [2.05, 4.69) is 23.2 Å². The Morgan fingerprint density at radius 2 is 2.00 bits per heavy atom. The van der Waals surface area contributed by atoms with Crippen LogP contribution < -0.4 is 0 Å². The minimum absolute atomic E-state index is 0.487. The summed E-state index contributed by atoms with van der Waals surface area (Å²) in [7, 11) is 0. The molecule has 0 atom stereocenters. The van der Waals surface area contributed by atoms with E-state index >= 15 is 0 Å². The van der Waals surface area contributed by atoms with Crippen LogP contribution in [-0.2, 0) is 4.74 Å². The molecule has 1 aromatic carbocycles. The second-order valence-corrected chi connectivity index (χ2v) is 4.72. The maximum Gasteiger partial charge on any atom is 0.168 e. The van der Waals surface area contributed by atoms with Crippen LogP contribution >= 0.6 is 0 Å². The third-order valence-electron chi connectivity index (χ3n) is 3.58. The Balaban J connectivity index is 1.97. The number of carbonyl (C=O) groups is 1. The quantitative estimate of drug-likeness (QED) is 0.759. The number of carbonyl (C=O) groups excluding carboxylic acids is 1. The van der Waals surface area contributed by atoms with Crippen LogP contribution in [0.25, 0.3) is 10.8 Å². The van der Waals surface area contributed by atoms with Crippen molar-refractivity contribution in [1.29, 1.82) is 0 Å². The number of aromatic nitrogens is 1. The van der Waals surface area contributed by atoms with Gasteiger partial charge in [-0.05, 0) is 41.8 Å². The van der Waals surface area contributed by atoms with Gasteiger partial charge in [-0.25, -0.2) is 0 Å². The number of ether oxygens (including phenoxy) is 1. The highest BCUT2D eigenvalue weighted by molar-refractivity contribution is 5.87. The lowest BCUT2D eigenvalue weighted by Crippen LogP contribution is -2.13. The average Bonchev–Trinajstić information content (AvgIpc) is 2.47. The smallest absolute Gasteiger partial charge is 0.168 e. The second kappa shape index (κ2) is 4.86. The molecule has 0 amide bonds. The van der Waals surface area contributed by atoms with Crippen molar-refractivity contribution in [3.8, 4) is 0 Å². The number of pyridine rings is 1. The summed E-state index contributed by atoms with van der Waals surface area (Å²) < 4.78 is 5.39. The third kappa shape index (κ3) is 2.14. The van der Waals surface area contributed by atoms with Crippen LogP contribution in [0, 0.1) is 0 Å². The molecule has 1 aliphatic heterocycles. The van der Waals surface area contributed by atoms with E-state index in [9.17, 15) is 4.79 Å². The normalized spacial score (nSPS) is 16.9. The van der Waals surface area contributed by atoms with E-state index in [-0.39, 0.29) is 0 Å². The molecule has 0 aliphatic carbocycles. The zero-order valence-electron chi connectivity index (χ0n) is 10.1. The Morgan fingerprint density at radius 1 is 1.17 bits per heavy atom. The van der Waals surface area contributed by atoms with Gasteiger partial charge in [0.25, 0.3) is 0 Å². The van der Waals surface area contributed by atoms with Gasteiger partial charge < -0.3 is 4.74 Å². The molecular formula is C15H15NO2. The monoisotopic (exact) mass is 241 g/mol. The molecule has 0 spiro atoms. The lowest BCUT2D eigenvalue weighted by Gasteiger charge is -2.22. The van der Waals surface area contributed by atoms with E-state index in [1.807, 2.05) is 6.07 Å². The van der Waals surface area contributed by atoms with Crippen LogP contribution in [-0.4, -0.2) is 24.5 Å². The number of benzene rings is 1. The number of fused-ring (bicyclic) bond motifs is 1.